The first-order chi connectivity index (χ1) is 8.66. The van der Waals surface area contributed by atoms with Crippen molar-refractivity contribution in [1.29, 1.82) is 0 Å². The third-order valence-electron chi connectivity index (χ3n) is 2.61. The van der Waals surface area contributed by atoms with Gasteiger partial charge in [0.1, 0.15) is 0 Å². The van der Waals surface area contributed by atoms with Gasteiger partial charge in [0.25, 0.3) is 0 Å². The van der Waals surface area contributed by atoms with Gasteiger partial charge >= 0.3 is 0 Å². The lowest BCUT2D eigenvalue weighted by atomic mass is 10.1. The molecule has 0 aliphatic heterocycles. The van der Waals surface area contributed by atoms with Crippen molar-refractivity contribution >= 4 is 11.6 Å². The molecule has 0 aliphatic carbocycles. The number of nitrogens with zero attached hydrogens (tertiary/aromatic N) is 2. The van der Waals surface area contributed by atoms with Crippen molar-refractivity contribution in [2.75, 3.05) is 0 Å². The molecule has 0 fully saturated rings. The summed E-state index contributed by atoms with van der Waals surface area (Å²) in [5.74, 6) is -0.0736. The fourth-order valence-corrected chi connectivity index (χ4v) is 1.62. The Morgan fingerprint density at radius 3 is 2.50 bits per heavy atom. The average molecular weight is 241 g/mol. The van der Waals surface area contributed by atoms with Crippen LogP contribution in [0.5, 0.6) is 0 Å². The van der Waals surface area contributed by atoms with Crippen molar-refractivity contribution in [3.05, 3.63) is 60.2 Å². The minimum absolute atomic E-state index is 0.0331. The maximum absolute atomic E-state index is 12.0. The monoisotopic (exact) mass is 241 g/mol. The Bertz CT molecular complexity index is 579. The van der Waals surface area contributed by atoms with Gasteiger partial charge in [-0.05, 0) is 13.0 Å². The average Bonchev–Trinajstić information content (AvgIpc) is 2.40. The molecular weight excluding hydrogens is 228 g/mol. The molecule has 90 valence electrons. The molecule has 1 aromatic heterocycles. The number of carbonyl (C=O) groups excluding carboxylic acids is 2. The molecule has 0 saturated heterocycles. The Labute approximate surface area is 105 Å². The van der Waals surface area contributed by atoms with E-state index in [4.69, 9.17) is 0 Å². The van der Waals surface area contributed by atoms with Crippen molar-refractivity contribution in [3.63, 3.8) is 0 Å². The number of hydrogen-bond donors (Lipinski definition) is 0. The highest BCUT2D eigenvalue weighted by Crippen LogP contribution is 2.07. The molecule has 0 unspecified atom stereocenters. The third-order valence-corrected chi connectivity index (χ3v) is 2.61. The lowest BCUT2D eigenvalue weighted by Crippen LogP contribution is -2.37. The lowest BCUT2D eigenvalue weighted by molar-refractivity contribution is -0.683. The van der Waals surface area contributed by atoms with Crippen LogP contribution in [0.4, 0.5) is 0 Å². The SMILES string of the molecule is CC(=O)c1cccc(C(=O)C[n+]2ccncc2)c1. The van der Waals surface area contributed by atoms with Gasteiger partial charge < -0.3 is 0 Å². The number of benzene rings is 1. The standard InChI is InChI=1S/C14H13N2O2/c1-11(17)12-3-2-4-13(9-12)14(18)10-16-7-5-15-6-8-16/h2-9H,10H2,1H3/q+1. The number of ketones is 2. The highest BCUT2D eigenvalue weighted by atomic mass is 16.1. The Morgan fingerprint density at radius 2 is 1.83 bits per heavy atom. The van der Waals surface area contributed by atoms with Gasteiger partial charge in [-0.15, -0.1) is 0 Å². The van der Waals surface area contributed by atoms with Gasteiger partial charge in [0.05, 0.1) is 12.4 Å². The molecule has 4 nitrogen and oxygen atoms in total. The predicted octanol–water partition coefficient (Wildman–Crippen LogP) is 1.45. The van der Waals surface area contributed by atoms with Crippen molar-refractivity contribution in [2.24, 2.45) is 0 Å². The Morgan fingerprint density at radius 1 is 1.17 bits per heavy atom. The lowest BCUT2D eigenvalue weighted by Gasteiger charge is -2.00. The van der Waals surface area contributed by atoms with E-state index in [2.05, 4.69) is 4.98 Å². The Hall–Kier alpha value is -2.36. The van der Waals surface area contributed by atoms with Gasteiger partial charge in [0.15, 0.2) is 18.2 Å². The third kappa shape index (κ3) is 2.85. The van der Waals surface area contributed by atoms with Crippen LogP contribution in [0, 0.1) is 0 Å². The molecule has 1 heterocycles. The molecule has 0 saturated carbocycles. The number of carbonyl (C=O) groups is 2. The highest BCUT2D eigenvalue weighted by Gasteiger charge is 2.12. The summed E-state index contributed by atoms with van der Waals surface area (Å²) in [7, 11) is 0. The zero-order chi connectivity index (χ0) is 13.0. The summed E-state index contributed by atoms with van der Waals surface area (Å²) in [5, 5.41) is 0. The van der Waals surface area contributed by atoms with Gasteiger partial charge in [0.2, 0.25) is 12.3 Å². The topological polar surface area (TPSA) is 50.9 Å². The summed E-state index contributed by atoms with van der Waals surface area (Å²) in [6.07, 6.45) is 6.71. The molecule has 0 bridgehead atoms. The molecule has 0 radical (unpaired) electrons. The maximum atomic E-state index is 12.0. The zero-order valence-electron chi connectivity index (χ0n) is 10.0. The second kappa shape index (κ2) is 5.31. The van der Waals surface area contributed by atoms with Gasteiger partial charge in [-0.2, -0.15) is 4.57 Å². The maximum Gasteiger partial charge on any atom is 0.227 e. The van der Waals surface area contributed by atoms with Crippen molar-refractivity contribution < 1.29 is 14.2 Å². The fourth-order valence-electron chi connectivity index (χ4n) is 1.62. The van der Waals surface area contributed by atoms with E-state index in [1.165, 1.54) is 6.92 Å². The minimum atomic E-state index is -0.0405. The van der Waals surface area contributed by atoms with Crippen LogP contribution in [0.15, 0.2) is 49.1 Å². The molecule has 0 aliphatic rings. The summed E-state index contributed by atoms with van der Waals surface area (Å²) < 4.78 is 1.75. The molecule has 0 amide bonds. The highest BCUT2D eigenvalue weighted by molar-refractivity contribution is 5.99. The van der Waals surface area contributed by atoms with Gasteiger partial charge in [-0.1, -0.05) is 18.2 Å². The van der Waals surface area contributed by atoms with E-state index in [1.54, 1.807) is 53.6 Å². The molecule has 18 heavy (non-hydrogen) atoms. The smallest absolute Gasteiger partial charge is 0.227 e. The first-order valence-corrected chi connectivity index (χ1v) is 5.60. The molecule has 4 heteroatoms. The number of aromatic nitrogens is 2. The van der Waals surface area contributed by atoms with E-state index in [0.29, 0.717) is 11.1 Å². The van der Waals surface area contributed by atoms with Gasteiger partial charge in [0, 0.05) is 11.1 Å². The van der Waals surface area contributed by atoms with E-state index in [-0.39, 0.29) is 18.1 Å². The zero-order valence-corrected chi connectivity index (χ0v) is 10.0. The summed E-state index contributed by atoms with van der Waals surface area (Å²) >= 11 is 0. The Kier molecular flexibility index (Phi) is 3.57. The Balaban J connectivity index is 2.19. The quantitative estimate of drug-likeness (QED) is 0.601. The number of hydrogen-bond acceptors (Lipinski definition) is 3. The van der Waals surface area contributed by atoms with E-state index >= 15 is 0 Å². The second-order valence-corrected chi connectivity index (χ2v) is 3.98. The van der Waals surface area contributed by atoms with Crippen LogP contribution in [0.2, 0.25) is 0 Å². The minimum Gasteiger partial charge on any atom is -0.295 e. The molecule has 0 spiro atoms. The first-order valence-electron chi connectivity index (χ1n) is 5.60. The van der Waals surface area contributed by atoms with E-state index in [9.17, 15) is 9.59 Å². The summed E-state index contributed by atoms with van der Waals surface area (Å²) in [5.41, 5.74) is 1.10. The summed E-state index contributed by atoms with van der Waals surface area (Å²) in [4.78, 5) is 27.2. The van der Waals surface area contributed by atoms with Crippen molar-refractivity contribution in [1.82, 2.24) is 4.98 Å². The fraction of sp³-hybridized carbons (Fsp3) is 0.143. The molecule has 0 N–H and O–H groups in total. The van der Waals surface area contributed by atoms with Gasteiger partial charge in [-0.3, -0.25) is 14.6 Å². The van der Waals surface area contributed by atoms with E-state index < -0.39 is 0 Å². The molecule has 1 aromatic carbocycles. The van der Waals surface area contributed by atoms with Gasteiger partial charge in [-0.25, -0.2) is 0 Å². The van der Waals surface area contributed by atoms with Crippen LogP contribution in [0.1, 0.15) is 27.6 Å². The summed E-state index contributed by atoms with van der Waals surface area (Å²) in [6.45, 7) is 1.73. The van der Waals surface area contributed by atoms with Crippen molar-refractivity contribution in [3.8, 4) is 0 Å². The molecule has 2 aromatic rings. The molecular formula is C14H13N2O2+. The number of Topliss-reactive ketones (excluding diaryl/α,β-unsaturated/α-hetero) is 2. The second-order valence-electron chi connectivity index (χ2n) is 3.98. The number of rotatable bonds is 4. The van der Waals surface area contributed by atoms with E-state index in [1.807, 2.05) is 0 Å². The normalized spacial score (nSPS) is 10.1. The van der Waals surface area contributed by atoms with Crippen LogP contribution in [-0.4, -0.2) is 16.6 Å². The molecule has 0 atom stereocenters. The van der Waals surface area contributed by atoms with Crippen LogP contribution >= 0.6 is 0 Å². The van der Waals surface area contributed by atoms with Crippen LogP contribution in [-0.2, 0) is 6.54 Å². The summed E-state index contributed by atoms with van der Waals surface area (Å²) in [6, 6.07) is 6.78. The van der Waals surface area contributed by atoms with Crippen LogP contribution in [0.3, 0.4) is 0 Å². The largest absolute Gasteiger partial charge is 0.295 e. The van der Waals surface area contributed by atoms with Crippen molar-refractivity contribution in [2.45, 2.75) is 13.5 Å². The molecule has 2 rings (SSSR count). The first kappa shape index (κ1) is 12.1. The van der Waals surface area contributed by atoms with E-state index in [0.717, 1.165) is 0 Å². The predicted molar refractivity (Wildman–Crippen MR) is 65.2 cm³/mol. The van der Waals surface area contributed by atoms with Crippen LogP contribution in [0.25, 0.3) is 0 Å². The van der Waals surface area contributed by atoms with Crippen LogP contribution < -0.4 is 4.57 Å².